The van der Waals surface area contributed by atoms with Crippen LogP contribution in [0.4, 0.5) is 5.69 Å². The minimum atomic E-state index is -0.452. The Labute approximate surface area is 131 Å². The van der Waals surface area contributed by atoms with Crippen LogP contribution in [0.1, 0.15) is 24.1 Å². The van der Waals surface area contributed by atoms with Crippen LogP contribution >= 0.6 is 15.9 Å². The predicted molar refractivity (Wildman–Crippen MR) is 84.7 cm³/mol. The van der Waals surface area contributed by atoms with Crippen LogP contribution in [0, 0.1) is 17.0 Å². The van der Waals surface area contributed by atoms with E-state index in [0.717, 1.165) is 10.0 Å². The van der Waals surface area contributed by atoms with E-state index in [-0.39, 0.29) is 17.5 Å². The Kier molecular flexibility index (Phi) is 4.59. The van der Waals surface area contributed by atoms with E-state index >= 15 is 0 Å². The first-order chi connectivity index (χ1) is 9.90. The molecule has 0 amide bonds. The largest absolute Gasteiger partial charge is 0.449 e. The lowest BCUT2D eigenvalue weighted by atomic mass is 10.1. The van der Waals surface area contributed by atoms with Gasteiger partial charge in [-0.05, 0) is 37.6 Å². The molecule has 2 rings (SSSR count). The summed E-state index contributed by atoms with van der Waals surface area (Å²) in [5, 5.41) is 11.1. The number of benzene rings is 2. The van der Waals surface area contributed by atoms with Gasteiger partial charge >= 0.3 is 5.69 Å². The normalized spacial score (nSPS) is 12.0. The van der Waals surface area contributed by atoms with Crippen molar-refractivity contribution in [2.75, 3.05) is 0 Å². The number of nitro benzene ring substituents is 1. The number of para-hydroxylation sites is 1. The fraction of sp³-hybridized carbons (Fsp3) is 0.200. The molecule has 0 aliphatic carbocycles. The number of nitro groups is 1. The van der Waals surface area contributed by atoms with Crippen LogP contribution in [-0.4, -0.2) is 4.92 Å². The van der Waals surface area contributed by atoms with Crippen molar-refractivity contribution in [3.63, 3.8) is 0 Å². The number of hydrogen-bond acceptors (Lipinski definition) is 4. The summed E-state index contributed by atoms with van der Waals surface area (Å²) >= 11 is 3.38. The van der Waals surface area contributed by atoms with E-state index in [4.69, 9.17) is 10.5 Å². The Bertz CT molecular complexity index is 687. The third kappa shape index (κ3) is 3.40. The molecule has 0 spiro atoms. The summed E-state index contributed by atoms with van der Waals surface area (Å²) in [6.07, 6.45) is 0. The standard InChI is InChI=1S/C15H15BrN2O3/c1-9-4-3-5-13(18(19)20)15(9)21-14-7-6-11(16)8-12(14)10(2)17/h3-8,10H,17H2,1-2H3. The summed E-state index contributed by atoms with van der Waals surface area (Å²) in [4.78, 5) is 10.7. The maximum atomic E-state index is 11.1. The van der Waals surface area contributed by atoms with Gasteiger partial charge in [0.25, 0.3) is 0 Å². The van der Waals surface area contributed by atoms with E-state index in [1.54, 1.807) is 25.1 Å². The number of aryl methyl sites for hydroxylation is 1. The molecule has 21 heavy (non-hydrogen) atoms. The van der Waals surface area contributed by atoms with Crippen molar-refractivity contribution < 1.29 is 9.66 Å². The molecule has 2 aromatic rings. The molecule has 5 nitrogen and oxygen atoms in total. The highest BCUT2D eigenvalue weighted by Crippen LogP contribution is 2.37. The highest BCUT2D eigenvalue weighted by atomic mass is 79.9. The van der Waals surface area contributed by atoms with E-state index < -0.39 is 4.92 Å². The van der Waals surface area contributed by atoms with E-state index in [1.807, 2.05) is 19.1 Å². The molecule has 2 aromatic carbocycles. The predicted octanol–water partition coefficient (Wildman–Crippen LogP) is 4.48. The van der Waals surface area contributed by atoms with Crippen LogP contribution in [0.15, 0.2) is 40.9 Å². The van der Waals surface area contributed by atoms with Crippen molar-refractivity contribution in [3.8, 4) is 11.5 Å². The zero-order valence-electron chi connectivity index (χ0n) is 11.7. The lowest BCUT2D eigenvalue weighted by Crippen LogP contribution is -2.07. The summed E-state index contributed by atoms with van der Waals surface area (Å²) in [7, 11) is 0. The molecule has 1 unspecified atom stereocenters. The first-order valence-electron chi connectivity index (χ1n) is 6.37. The van der Waals surface area contributed by atoms with Crippen LogP contribution in [0.2, 0.25) is 0 Å². The summed E-state index contributed by atoms with van der Waals surface area (Å²) in [5.41, 5.74) is 7.35. The smallest absolute Gasteiger partial charge is 0.311 e. The zero-order chi connectivity index (χ0) is 15.6. The number of rotatable bonds is 4. The Hall–Kier alpha value is -1.92. The molecule has 0 aromatic heterocycles. The summed E-state index contributed by atoms with van der Waals surface area (Å²) in [5.74, 6) is 0.761. The Morgan fingerprint density at radius 2 is 2.05 bits per heavy atom. The second-order valence-electron chi connectivity index (χ2n) is 4.75. The molecule has 0 aliphatic heterocycles. The lowest BCUT2D eigenvalue weighted by Gasteiger charge is -2.15. The van der Waals surface area contributed by atoms with Gasteiger partial charge in [0.2, 0.25) is 5.75 Å². The fourth-order valence-corrected chi connectivity index (χ4v) is 2.37. The van der Waals surface area contributed by atoms with Gasteiger partial charge in [0.1, 0.15) is 5.75 Å². The van der Waals surface area contributed by atoms with Gasteiger partial charge in [-0.2, -0.15) is 0 Å². The molecule has 0 heterocycles. The Morgan fingerprint density at radius 3 is 2.67 bits per heavy atom. The zero-order valence-corrected chi connectivity index (χ0v) is 13.3. The molecular formula is C15H15BrN2O3. The lowest BCUT2D eigenvalue weighted by molar-refractivity contribution is -0.385. The molecular weight excluding hydrogens is 336 g/mol. The van der Waals surface area contributed by atoms with Crippen molar-refractivity contribution in [2.45, 2.75) is 19.9 Å². The SMILES string of the molecule is Cc1cccc([N+](=O)[O-])c1Oc1ccc(Br)cc1C(C)N. The number of nitrogens with two attached hydrogens (primary N) is 1. The van der Waals surface area contributed by atoms with Crippen LogP contribution < -0.4 is 10.5 Å². The molecule has 110 valence electrons. The van der Waals surface area contributed by atoms with Crippen LogP contribution in [0.3, 0.4) is 0 Å². The highest BCUT2D eigenvalue weighted by Gasteiger charge is 2.19. The average molecular weight is 351 g/mol. The number of halogens is 1. The highest BCUT2D eigenvalue weighted by molar-refractivity contribution is 9.10. The monoisotopic (exact) mass is 350 g/mol. The maximum Gasteiger partial charge on any atom is 0.311 e. The first kappa shape index (κ1) is 15.5. The van der Waals surface area contributed by atoms with Crippen LogP contribution in [-0.2, 0) is 0 Å². The van der Waals surface area contributed by atoms with Gasteiger partial charge in [-0.1, -0.05) is 28.1 Å². The summed E-state index contributed by atoms with van der Waals surface area (Å²) in [6.45, 7) is 3.60. The molecule has 0 bridgehead atoms. The Balaban J connectivity index is 2.51. The average Bonchev–Trinajstić information content (AvgIpc) is 2.42. The summed E-state index contributed by atoms with van der Waals surface area (Å²) < 4.78 is 6.68. The number of nitrogens with zero attached hydrogens (tertiary/aromatic N) is 1. The molecule has 0 saturated carbocycles. The van der Waals surface area contributed by atoms with E-state index in [1.165, 1.54) is 6.07 Å². The van der Waals surface area contributed by atoms with E-state index in [2.05, 4.69) is 15.9 Å². The van der Waals surface area contributed by atoms with Crippen molar-refractivity contribution in [3.05, 3.63) is 62.1 Å². The third-order valence-electron chi connectivity index (χ3n) is 3.06. The van der Waals surface area contributed by atoms with Gasteiger partial charge in [0.15, 0.2) is 0 Å². The van der Waals surface area contributed by atoms with Gasteiger partial charge in [-0.15, -0.1) is 0 Å². The van der Waals surface area contributed by atoms with Crippen molar-refractivity contribution in [1.82, 2.24) is 0 Å². The fourth-order valence-electron chi connectivity index (χ4n) is 1.99. The molecule has 0 saturated heterocycles. The molecule has 0 fully saturated rings. The van der Waals surface area contributed by atoms with Crippen molar-refractivity contribution in [2.24, 2.45) is 5.73 Å². The molecule has 1 atom stereocenters. The second-order valence-corrected chi connectivity index (χ2v) is 5.67. The van der Waals surface area contributed by atoms with E-state index in [0.29, 0.717) is 11.3 Å². The minimum absolute atomic E-state index is 0.0615. The van der Waals surface area contributed by atoms with Crippen molar-refractivity contribution in [1.29, 1.82) is 0 Å². The van der Waals surface area contributed by atoms with Gasteiger partial charge in [0, 0.05) is 22.1 Å². The van der Waals surface area contributed by atoms with Gasteiger partial charge in [-0.25, -0.2) is 0 Å². The quantitative estimate of drug-likeness (QED) is 0.651. The molecule has 6 heteroatoms. The Morgan fingerprint density at radius 1 is 1.33 bits per heavy atom. The van der Waals surface area contributed by atoms with Gasteiger partial charge < -0.3 is 10.5 Å². The van der Waals surface area contributed by atoms with Gasteiger partial charge in [-0.3, -0.25) is 10.1 Å². The second kappa shape index (κ2) is 6.24. The number of hydrogen-bond donors (Lipinski definition) is 1. The number of ether oxygens (including phenoxy) is 1. The van der Waals surface area contributed by atoms with E-state index in [9.17, 15) is 10.1 Å². The minimum Gasteiger partial charge on any atom is -0.449 e. The van der Waals surface area contributed by atoms with Crippen LogP contribution in [0.5, 0.6) is 11.5 Å². The topological polar surface area (TPSA) is 78.4 Å². The van der Waals surface area contributed by atoms with Gasteiger partial charge in [0.05, 0.1) is 4.92 Å². The third-order valence-corrected chi connectivity index (χ3v) is 3.56. The van der Waals surface area contributed by atoms with Crippen LogP contribution in [0.25, 0.3) is 0 Å². The van der Waals surface area contributed by atoms with Crippen molar-refractivity contribution >= 4 is 21.6 Å². The molecule has 0 aliphatic rings. The molecule has 2 N–H and O–H groups in total. The molecule has 0 radical (unpaired) electrons. The maximum absolute atomic E-state index is 11.1. The summed E-state index contributed by atoms with van der Waals surface area (Å²) in [6, 6.07) is 9.99. The first-order valence-corrected chi connectivity index (χ1v) is 7.16.